The van der Waals surface area contributed by atoms with Crippen LogP contribution >= 0.6 is 0 Å². The molecule has 4 nitrogen and oxygen atoms in total. The molecule has 0 saturated carbocycles. The molecular weight excluding hydrogens is 372 g/mol. The first-order chi connectivity index (χ1) is 13.9. The van der Waals surface area contributed by atoms with E-state index in [1.165, 1.54) is 12.1 Å². The molecule has 0 spiro atoms. The number of likely N-dealkylation sites (tertiary alicyclic amines) is 1. The van der Waals surface area contributed by atoms with E-state index in [1.54, 1.807) is 29.1 Å². The van der Waals surface area contributed by atoms with Crippen LogP contribution in [0.4, 0.5) is 8.78 Å². The number of benzene rings is 2. The molecule has 2 aromatic carbocycles. The number of rotatable bonds is 4. The normalized spacial score (nSPS) is 17.9. The van der Waals surface area contributed by atoms with Crippen molar-refractivity contribution in [2.24, 2.45) is 5.92 Å². The molecule has 1 aromatic heterocycles. The highest BCUT2D eigenvalue weighted by Gasteiger charge is 2.22. The molecule has 1 fully saturated rings. The first-order valence-electron chi connectivity index (χ1n) is 10.1. The Kier molecular flexibility index (Phi) is 5.46. The second-order valence-corrected chi connectivity index (χ2v) is 8.19. The van der Waals surface area contributed by atoms with Gasteiger partial charge >= 0.3 is 0 Å². The highest BCUT2D eigenvalue weighted by molar-refractivity contribution is 5.83. The van der Waals surface area contributed by atoms with Crippen LogP contribution in [0.2, 0.25) is 0 Å². The van der Waals surface area contributed by atoms with Crippen molar-refractivity contribution in [1.29, 1.82) is 0 Å². The molecule has 0 aliphatic carbocycles. The molecule has 2 heterocycles. The Bertz CT molecular complexity index is 1070. The van der Waals surface area contributed by atoms with E-state index >= 15 is 0 Å². The molecule has 4 rings (SSSR count). The van der Waals surface area contributed by atoms with Crippen LogP contribution in [0.25, 0.3) is 22.0 Å². The first kappa shape index (κ1) is 19.7. The maximum Gasteiger partial charge on any atom is 0.261 e. The minimum atomic E-state index is -0.643. The summed E-state index contributed by atoms with van der Waals surface area (Å²) >= 11 is 0. The summed E-state index contributed by atoms with van der Waals surface area (Å²) in [5, 5.41) is 0.464. The third-order valence-electron chi connectivity index (χ3n) is 5.76. The number of piperidine rings is 1. The quantitative estimate of drug-likeness (QED) is 0.652. The Morgan fingerprint density at radius 1 is 1.10 bits per heavy atom. The van der Waals surface area contributed by atoms with E-state index < -0.39 is 11.6 Å². The average Bonchev–Trinajstić information content (AvgIpc) is 2.69. The van der Waals surface area contributed by atoms with Crippen LogP contribution in [-0.4, -0.2) is 33.6 Å². The number of halogens is 2. The number of nitrogens with zero attached hydrogens (tertiary/aromatic N) is 3. The average molecular weight is 397 g/mol. The van der Waals surface area contributed by atoms with Gasteiger partial charge in [-0.25, -0.2) is 13.8 Å². The van der Waals surface area contributed by atoms with Crippen molar-refractivity contribution in [3.8, 4) is 11.1 Å². The molecule has 1 saturated heterocycles. The number of hydrogen-bond acceptors (Lipinski definition) is 3. The van der Waals surface area contributed by atoms with Crippen LogP contribution in [0.15, 0.2) is 47.5 Å². The maximum atomic E-state index is 13.6. The van der Waals surface area contributed by atoms with Gasteiger partial charge < -0.3 is 4.90 Å². The maximum absolute atomic E-state index is 13.6. The van der Waals surface area contributed by atoms with Gasteiger partial charge in [-0.1, -0.05) is 6.07 Å². The molecule has 0 bridgehead atoms. The zero-order valence-electron chi connectivity index (χ0n) is 16.7. The molecule has 0 unspecified atom stereocenters. The van der Waals surface area contributed by atoms with E-state index in [0.717, 1.165) is 32.0 Å². The van der Waals surface area contributed by atoms with Crippen LogP contribution in [0, 0.1) is 17.6 Å². The van der Waals surface area contributed by atoms with Gasteiger partial charge in [-0.3, -0.25) is 9.36 Å². The second-order valence-electron chi connectivity index (χ2n) is 8.19. The molecule has 0 N–H and O–H groups in total. The van der Waals surface area contributed by atoms with E-state index in [2.05, 4.69) is 23.7 Å². The molecule has 29 heavy (non-hydrogen) atoms. The summed E-state index contributed by atoms with van der Waals surface area (Å²) in [6, 6.07) is 9.00. The van der Waals surface area contributed by atoms with Crippen molar-refractivity contribution in [2.45, 2.75) is 39.3 Å². The van der Waals surface area contributed by atoms with Crippen LogP contribution < -0.4 is 5.56 Å². The summed E-state index contributed by atoms with van der Waals surface area (Å²) in [5.74, 6) is -0.880. The Hall–Kier alpha value is -2.60. The highest BCUT2D eigenvalue weighted by atomic mass is 19.1. The van der Waals surface area contributed by atoms with Gasteiger partial charge in [-0.2, -0.15) is 0 Å². The fourth-order valence-electron chi connectivity index (χ4n) is 4.18. The van der Waals surface area contributed by atoms with Crippen molar-refractivity contribution in [3.05, 3.63) is 64.7 Å². The fraction of sp³-hybridized carbons (Fsp3) is 0.391. The molecule has 152 valence electrons. The lowest BCUT2D eigenvalue weighted by Crippen LogP contribution is -2.42. The van der Waals surface area contributed by atoms with E-state index in [9.17, 15) is 13.6 Å². The molecule has 0 amide bonds. The van der Waals surface area contributed by atoms with Gasteiger partial charge in [0.15, 0.2) is 0 Å². The Balaban J connectivity index is 1.66. The van der Waals surface area contributed by atoms with Crippen molar-refractivity contribution >= 4 is 10.9 Å². The lowest BCUT2D eigenvalue weighted by molar-refractivity contribution is 0.130. The van der Waals surface area contributed by atoms with E-state index in [-0.39, 0.29) is 5.56 Å². The van der Waals surface area contributed by atoms with E-state index in [0.29, 0.717) is 40.5 Å². The van der Waals surface area contributed by atoms with Gasteiger partial charge in [-0.15, -0.1) is 0 Å². The summed E-state index contributed by atoms with van der Waals surface area (Å²) in [4.78, 5) is 20.0. The lowest BCUT2D eigenvalue weighted by atomic mass is 9.97. The first-order valence-corrected chi connectivity index (χ1v) is 10.1. The number of hydrogen-bond donors (Lipinski definition) is 0. The molecular formula is C23H25F2N3O. The Labute approximate surface area is 168 Å². The van der Waals surface area contributed by atoms with Gasteiger partial charge in [-0.05, 0) is 74.5 Å². The van der Waals surface area contributed by atoms with Crippen molar-refractivity contribution in [3.63, 3.8) is 0 Å². The monoisotopic (exact) mass is 397 g/mol. The predicted molar refractivity (Wildman–Crippen MR) is 111 cm³/mol. The molecule has 1 atom stereocenters. The minimum absolute atomic E-state index is 0.115. The van der Waals surface area contributed by atoms with Gasteiger partial charge in [0.05, 0.1) is 17.2 Å². The molecule has 1 aliphatic heterocycles. The zero-order valence-corrected chi connectivity index (χ0v) is 16.7. The smallest absolute Gasteiger partial charge is 0.261 e. The molecule has 6 heteroatoms. The predicted octanol–water partition coefficient (Wildman–Crippen LogP) is 4.46. The van der Waals surface area contributed by atoms with Crippen LogP contribution in [0.1, 0.15) is 26.7 Å². The van der Waals surface area contributed by atoms with Crippen LogP contribution in [0.5, 0.6) is 0 Å². The van der Waals surface area contributed by atoms with Crippen molar-refractivity contribution in [2.75, 3.05) is 13.1 Å². The molecule has 1 aliphatic rings. The number of aromatic nitrogens is 2. The molecule has 3 aromatic rings. The zero-order chi connectivity index (χ0) is 20.5. The van der Waals surface area contributed by atoms with Crippen LogP contribution in [-0.2, 0) is 6.54 Å². The Morgan fingerprint density at radius 2 is 1.86 bits per heavy atom. The summed E-state index contributed by atoms with van der Waals surface area (Å²) in [6.07, 6.45) is 3.84. The van der Waals surface area contributed by atoms with Crippen molar-refractivity contribution in [1.82, 2.24) is 14.5 Å². The van der Waals surface area contributed by atoms with Gasteiger partial charge in [0, 0.05) is 25.2 Å². The second kappa shape index (κ2) is 8.03. The summed E-state index contributed by atoms with van der Waals surface area (Å²) in [7, 11) is 0. The third kappa shape index (κ3) is 4.22. The third-order valence-corrected chi connectivity index (χ3v) is 5.76. The SMILES string of the molecule is CC(C)N1CCC[C@H](Cn2cnc3ccc(-c4cc(F)cc(F)c4)cc3c2=O)C1. The topological polar surface area (TPSA) is 38.1 Å². The van der Waals surface area contributed by atoms with E-state index in [4.69, 9.17) is 0 Å². The Morgan fingerprint density at radius 3 is 2.59 bits per heavy atom. The summed E-state index contributed by atoms with van der Waals surface area (Å²) < 4.78 is 28.9. The van der Waals surface area contributed by atoms with Gasteiger partial charge in [0.2, 0.25) is 0 Å². The van der Waals surface area contributed by atoms with Gasteiger partial charge in [0.1, 0.15) is 11.6 Å². The largest absolute Gasteiger partial charge is 0.301 e. The summed E-state index contributed by atoms with van der Waals surface area (Å²) in [6.45, 7) is 7.10. The van der Waals surface area contributed by atoms with E-state index in [1.807, 2.05) is 0 Å². The van der Waals surface area contributed by atoms with Crippen molar-refractivity contribution < 1.29 is 8.78 Å². The molecule has 0 radical (unpaired) electrons. The van der Waals surface area contributed by atoms with Crippen LogP contribution in [0.3, 0.4) is 0 Å². The lowest BCUT2D eigenvalue weighted by Gasteiger charge is -2.35. The highest BCUT2D eigenvalue weighted by Crippen LogP contribution is 2.24. The fourth-order valence-corrected chi connectivity index (χ4v) is 4.18. The standard InChI is InChI=1S/C23H25F2N3O/c1-15(2)27-7-3-4-16(12-27)13-28-14-26-22-6-5-17(10-21(22)23(28)29)18-8-19(24)11-20(25)9-18/h5-6,8-11,14-16H,3-4,7,12-13H2,1-2H3/t16-/m0/s1. The minimum Gasteiger partial charge on any atom is -0.301 e. The summed E-state index contributed by atoms with van der Waals surface area (Å²) in [5.41, 5.74) is 1.46. The number of fused-ring (bicyclic) bond motifs is 1. The van der Waals surface area contributed by atoms with Gasteiger partial charge in [0.25, 0.3) is 5.56 Å².